The normalized spacial score (nSPS) is 11.9. The summed E-state index contributed by atoms with van der Waals surface area (Å²) in [7, 11) is 3.33. The summed E-state index contributed by atoms with van der Waals surface area (Å²) in [4.78, 5) is 3.38. The number of ether oxygens (including phenoxy) is 2. The first kappa shape index (κ1) is 18.0. The van der Waals surface area contributed by atoms with Crippen LogP contribution in [0.5, 0.6) is 11.5 Å². The van der Waals surface area contributed by atoms with Crippen LogP contribution in [0, 0.1) is 0 Å². The van der Waals surface area contributed by atoms with Gasteiger partial charge in [0.15, 0.2) is 0 Å². The van der Waals surface area contributed by atoms with E-state index in [4.69, 9.17) is 9.47 Å². The van der Waals surface area contributed by atoms with E-state index in [2.05, 4.69) is 65.0 Å². The second kappa shape index (κ2) is 8.09. The van der Waals surface area contributed by atoms with Gasteiger partial charge in [0.2, 0.25) is 0 Å². The molecule has 0 saturated carbocycles. The van der Waals surface area contributed by atoms with Crippen molar-refractivity contribution in [2.45, 2.75) is 12.5 Å². The van der Waals surface area contributed by atoms with Crippen molar-refractivity contribution >= 4 is 16.6 Å². The third-order valence-electron chi connectivity index (χ3n) is 4.99. The van der Waals surface area contributed by atoms with Crippen molar-refractivity contribution < 1.29 is 9.47 Å². The molecule has 4 heteroatoms. The summed E-state index contributed by atoms with van der Waals surface area (Å²) >= 11 is 0. The number of benzene rings is 3. The molecule has 0 aliphatic rings. The summed E-state index contributed by atoms with van der Waals surface area (Å²) in [6.07, 6.45) is 2.96. The highest BCUT2D eigenvalue weighted by Crippen LogP contribution is 2.31. The molecule has 1 unspecified atom stereocenters. The average Bonchev–Trinajstić information content (AvgIpc) is 3.16. The number of aromatic amines is 1. The monoisotopic (exact) mass is 372 g/mol. The summed E-state index contributed by atoms with van der Waals surface area (Å²) in [6.45, 7) is 0. The van der Waals surface area contributed by atoms with Crippen LogP contribution in [0.2, 0.25) is 0 Å². The molecule has 0 spiro atoms. The van der Waals surface area contributed by atoms with E-state index in [-0.39, 0.29) is 6.04 Å². The molecule has 0 aliphatic carbocycles. The highest BCUT2D eigenvalue weighted by Gasteiger charge is 2.16. The van der Waals surface area contributed by atoms with Gasteiger partial charge in [0.1, 0.15) is 11.5 Å². The average molecular weight is 372 g/mol. The molecule has 1 heterocycles. The first-order valence-corrected chi connectivity index (χ1v) is 9.36. The minimum absolute atomic E-state index is 0.109. The molecular formula is C24H24N2O2. The van der Waals surface area contributed by atoms with Gasteiger partial charge in [-0.1, -0.05) is 48.5 Å². The summed E-state index contributed by atoms with van der Waals surface area (Å²) in [5.41, 5.74) is 4.64. The lowest BCUT2D eigenvalue weighted by Gasteiger charge is -2.21. The Morgan fingerprint density at radius 3 is 2.25 bits per heavy atom. The van der Waals surface area contributed by atoms with Crippen LogP contribution >= 0.6 is 0 Å². The minimum atomic E-state index is 0.109. The van der Waals surface area contributed by atoms with Gasteiger partial charge in [0.25, 0.3) is 0 Å². The standard InChI is InChI=1S/C24H24N2O2/c1-27-20-13-19(14-21(15-20)28-2)26-24(17-8-4-3-5-9-17)12-18-16-25-23-11-7-6-10-22(18)23/h3-11,13-16,24-26H,12H2,1-2H3. The van der Waals surface area contributed by atoms with Crippen LogP contribution in [0.15, 0.2) is 79.0 Å². The van der Waals surface area contributed by atoms with Crippen LogP contribution in [0.25, 0.3) is 10.9 Å². The van der Waals surface area contributed by atoms with Crippen molar-refractivity contribution in [2.75, 3.05) is 19.5 Å². The Morgan fingerprint density at radius 2 is 1.54 bits per heavy atom. The minimum Gasteiger partial charge on any atom is -0.497 e. The van der Waals surface area contributed by atoms with Crippen LogP contribution in [0.3, 0.4) is 0 Å². The number of hydrogen-bond acceptors (Lipinski definition) is 3. The van der Waals surface area contributed by atoms with Crippen LogP contribution in [-0.4, -0.2) is 19.2 Å². The Hall–Kier alpha value is -3.40. The molecule has 28 heavy (non-hydrogen) atoms. The number of fused-ring (bicyclic) bond motifs is 1. The number of aromatic nitrogens is 1. The number of rotatable bonds is 7. The first-order chi connectivity index (χ1) is 13.8. The van der Waals surface area contributed by atoms with Crippen molar-refractivity contribution in [2.24, 2.45) is 0 Å². The maximum atomic E-state index is 5.42. The zero-order chi connectivity index (χ0) is 19.3. The molecule has 0 radical (unpaired) electrons. The highest BCUT2D eigenvalue weighted by atomic mass is 16.5. The topological polar surface area (TPSA) is 46.3 Å². The van der Waals surface area contributed by atoms with Crippen LogP contribution < -0.4 is 14.8 Å². The second-order valence-corrected chi connectivity index (χ2v) is 6.77. The fourth-order valence-corrected chi connectivity index (χ4v) is 3.55. The van der Waals surface area contributed by atoms with Crippen molar-refractivity contribution in [3.05, 3.63) is 90.1 Å². The number of anilines is 1. The highest BCUT2D eigenvalue weighted by molar-refractivity contribution is 5.83. The van der Waals surface area contributed by atoms with Crippen LogP contribution in [-0.2, 0) is 6.42 Å². The van der Waals surface area contributed by atoms with E-state index in [9.17, 15) is 0 Å². The van der Waals surface area contributed by atoms with Gasteiger partial charge in [-0.15, -0.1) is 0 Å². The summed E-state index contributed by atoms with van der Waals surface area (Å²) in [5, 5.41) is 4.93. The molecule has 0 fully saturated rings. The Morgan fingerprint density at radius 1 is 0.857 bits per heavy atom. The van der Waals surface area contributed by atoms with Crippen molar-refractivity contribution in [1.82, 2.24) is 4.98 Å². The van der Waals surface area contributed by atoms with Crippen LogP contribution in [0.4, 0.5) is 5.69 Å². The zero-order valence-electron chi connectivity index (χ0n) is 16.1. The molecule has 3 aromatic carbocycles. The molecule has 4 rings (SSSR count). The van der Waals surface area contributed by atoms with Gasteiger partial charge in [-0.3, -0.25) is 0 Å². The third-order valence-corrected chi connectivity index (χ3v) is 4.99. The van der Waals surface area contributed by atoms with Gasteiger partial charge in [-0.2, -0.15) is 0 Å². The number of para-hydroxylation sites is 1. The zero-order valence-corrected chi connectivity index (χ0v) is 16.1. The number of nitrogens with one attached hydrogen (secondary N) is 2. The fourth-order valence-electron chi connectivity index (χ4n) is 3.55. The summed E-state index contributed by atoms with van der Waals surface area (Å²) in [6, 6.07) is 24.9. The SMILES string of the molecule is COc1cc(NC(Cc2c[nH]c3ccccc23)c2ccccc2)cc(OC)c1. The molecule has 0 aliphatic heterocycles. The van der Waals surface area contributed by atoms with Gasteiger partial charge in [0.05, 0.1) is 20.3 Å². The lowest BCUT2D eigenvalue weighted by Crippen LogP contribution is -2.13. The van der Waals surface area contributed by atoms with Gasteiger partial charge < -0.3 is 19.8 Å². The number of hydrogen-bond donors (Lipinski definition) is 2. The molecular weight excluding hydrogens is 348 g/mol. The van der Waals surface area contributed by atoms with E-state index >= 15 is 0 Å². The van der Waals surface area contributed by atoms with Gasteiger partial charge in [0, 0.05) is 41.0 Å². The van der Waals surface area contributed by atoms with Crippen LogP contribution in [0.1, 0.15) is 17.2 Å². The smallest absolute Gasteiger partial charge is 0.124 e. The Kier molecular flexibility index (Phi) is 5.20. The van der Waals surface area contributed by atoms with Gasteiger partial charge >= 0.3 is 0 Å². The molecule has 1 atom stereocenters. The molecule has 0 bridgehead atoms. The fraction of sp³-hybridized carbons (Fsp3) is 0.167. The lowest BCUT2D eigenvalue weighted by atomic mass is 9.98. The molecule has 2 N–H and O–H groups in total. The quantitative estimate of drug-likeness (QED) is 0.445. The Balaban J connectivity index is 1.69. The molecule has 0 amide bonds. The predicted octanol–water partition coefficient (Wildman–Crippen LogP) is 5.58. The van der Waals surface area contributed by atoms with E-state index in [1.807, 2.05) is 24.3 Å². The van der Waals surface area contributed by atoms with Crippen molar-refractivity contribution in [3.63, 3.8) is 0 Å². The summed E-state index contributed by atoms with van der Waals surface area (Å²) < 4.78 is 10.8. The van der Waals surface area contributed by atoms with E-state index < -0.39 is 0 Å². The second-order valence-electron chi connectivity index (χ2n) is 6.77. The Labute approximate surface area is 165 Å². The molecule has 142 valence electrons. The molecule has 4 nitrogen and oxygen atoms in total. The van der Waals surface area contributed by atoms with E-state index in [0.29, 0.717) is 0 Å². The van der Waals surface area contributed by atoms with E-state index in [1.54, 1.807) is 14.2 Å². The lowest BCUT2D eigenvalue weighted by molar-refractivity contribution is 0.394. The number of methoxy groups -OCH3 is 2. The Bertz CT molecular complexity index is 1030. The maximum absolute atomic E-state index is 5.42. The molecule has 0 saturated heterocycles. The maximum Gasteiger partial charge on any atom is 0.124 e. The first-order valence-electron chi connectivity index (χ1n) is 9.36. The number of H-pyrrole nitrogens is 1. The third kappa shape index (κ3) is 3.81. The van der Waals surface area contributed by atoms with Gasteiger partial charge in [-0.25, -0.2) is 0 Å². The van der Waals surface area contributed by atoms with E-state index in [0.717, 1.165) is 29.1 Å². The van der Waals surface area contributed by atoms with Gasteiger partial charge in [-0.05, 0) is 23.6 Å². The van der Waals surface area contributed by atoms with Crippen molar-refractivity contribution in [1.29, 1.82) is 0 Å². The van der Waals surface area contributed by atoms with Crippen molar-refractivity contribution in [3.8, 4) is 11.5 Å². The van der Waals surface area contributed by atoms with E-state index in [1.165, 1.54) is 16.5 Å². The molecule has 4 aromatic rings. The largest absolute Gasteiger partial charge is 0.497 e. The molecule has 1 aromatic heterocycles. The summed E-state index contributed by atoms with van der Waals surface area (Å²) in [5.74, 6) is 1.53. The predicted molar refractivity (Wildman–Crippen MR) is 114 cm³/mol.